The number of likely N-dealkylation sites (tertiary alicyclic amines) is 1. The standard InChI is InChI=1S/C24H27NO6/c1-5-12-25-21(15-10-11-18(29-3)19(14-15)30-4)20(23(27)24(25)28)22(26)16-8-7-9-17(13-16)31-6-2/h7-11,13-14,21,26H,5-6,12H2,1-4H3/b22-20-. The van der Waals surface area contributed by atoms with Crippen molar-refractivity contribution in [1.82, 2.24) is 4.90 Å². The molecule has 2 aromatic carbocycles. The summed E-state index contributed by atoms with van der Waals surface area (Å²) in [5, 5.41) is 11.1. The van der Waals surface area contributed by atoms with Gasteiger partial charge in [0.1, 0.15) is 11.5 Å². The highest BCUT2D eigenvalue weighted by molar-refractivity contribution is 6.46. The Morgan fingerprint density at radius 3 is 2.42 bits per heavy atom. The van der Waals surface area contributed by atoms with Crippen molar-refractivity contribution in [2.24, 2.45) is 0 Å². The molecule has 0 aliphatic carbocycles. The van der Waals surface area contributed by atoms with Crippen LogP contribution in [-0.2, 0) is 9.59 Å². The summed E-state index contributed by atoms with van der Waals surface area (Å²) < 4.78 is 16.2. The van der Waals surface area contributed by atoms with Crippen LogP contribution in [0.3, 0.4) is 0 Å². The Balaban J connectivity index is 2.19. The fraction of sp³-hybridized carbons (Fsp3) is 0.333. The monoisotopic (exact) mass is 425 g/mol. The number of aliphatic hydroxyl groups is 1. The Hall–Kier alpha value is -3.48. The third kappa shape index (κ3) is 4.21. The lowest BCUT2D eigenvalue weighted by molar-refractivity contribution is -0.139. The van der Waals surface area contributed by atoms with E-state index in [1.165, 1.54) is 19.1 Å². The van der Waals surface area contributed by atoms with Gasteiger partial charge in [-0.05, 0) is 43.2 Å². The number of carbonyl (C=O) groups is 2. The zero-order chi connectivity index (χ0) is 22.5. The summed E-state index contributed by atoms with van der Waals surface area (Å²) >= 11 is 0. The molecule has 3 rings (SSSR count). The zero-order valence-electron chi connectivity index (χ0n) is 18.2. The Morgan fingerprint density at radius 2 is 1.77 bits per heavy atom. The van der Waals surface area contributed by atoms with Crippen molar-refractivity contribution in [3.63, 3.8) is 0 Å². The maximum absolute atomic E-state index is 13.0. The summed E-state index contributed by atoms with van der Waals surface area (Å²) in [6, 6.07) is 11.3. The van der Waals surface area contributed by atoms with Crippen molar-refractivity contribution in [3.8, 4) is 17.2 Å². The molecule has 1 heterocycles. The van der Waals surface area contributed by atoms with Crippen molar-refractivity contribution in [2.45, 2.75) is 26.3 Å². The quantitative estimate of drug-likeness (QED) is 0.392. The number of benzene rings is 2. The molecule has 0 saturated carbocycles. The fourth-order valence-corrected chi connectivity index (χ4v) is 3.78. The van der Waals surface area contributed by atoms with E-state index in [9.17, 15) is 14.7 Å². The summed E-state index contributed by atoms with van der Waals surface area (Å²) in [6.07, 6.45) is 0.663. The van der Waals surface area contributed by atoms with Gasteiger partial charge in [-0.1, -0.05) is 25.1 Å². The third-order valence-corrected chi connectivity index (χ3v) is 5.15. The molecular weight excluding hydrogens is 398 g/mol. The number of hydrogen-bond acceptors (Lipinski definition) is 6. The van der Waals surface area contributed by atoms with Crippen LogP contribution >= 0.6 is 0 Å². The van der Waals surface area contributed by atoms with Crippen molar-refractivity contribution < 1.29 is 28.9 Å². The number of methoxy groups -OCH3 is 2. The van der Waals surface area contributed by atoms with Crippen molar-refractivity contribution in [3.05, 3.63) is 59.2 Å². The maximum atomic E-state index is 13.0. The topological polar surface area (TPSA) is 85.3 Å². The first-order valence-electron chi connectivity index (χ1n) is 10.2. The minimum absolute atomic E-state index is 0.0410. The van der Waals surface area contributed by atoms with E-state index >= 15 is 0 Å². The van der Waals surface area contributed by atoms with Gasteiger partial charge in [-0.15, -0.1) is 0 Å². The largest absolute Gasteiger partial charge is 0.507 e. The van der Waals surface area contributed by atoms with E-state index in [1.54, 1.807) is 42.5 Å². The predicted molar refractivity (Wildman–Crippen MR) is 116 cm³/mol. The zero-order valence-corrected chi connectivity index (χ0v) is 18.2. The summed E-state index contributed by atoms with van der Waals surface area (Å²) in [6.45, 7) is 4.63. The molecule has 0 radical (unpaired) electrons. The second kappa shape index (κ2) is 9.55. The average Bonchev–Trinajstić information content (AvgIpc) is 3.03. The summed E-state index contributed by atoms with van der Waals surface area (Å²) in [5.74, 6) is -0.0180. The van der Waals surface area contributed by atoms with Gasteiger partial charge in [0, 0.05) is 12.1 Å². The van der Waals surface area contributed by atoms with E-state index in [1.807, 2.05) is 13.8 Å². The molecule has 1 amide bonds. The Labute approximate surface area is 181 Å². The van der Waals surface area contributed by atoms with E-state index in [0.29, 0.717) is 47.9 Å². The Bertz CT molecular complexity index is 1010. The Morgan fingerprint density at radius 1 is 1.03 bits per heavy atom. The minimum Gasteiger partial charge on any atom is -0.507 e. The van der Waals surface area contributed by atoms with Crippen molar-refractivity contribution >= 4 is 17.4 Å². The summed E-state index contributed by atoms with van der Waals surface area (Å²) in [5.41, 5.74) is 1.10. The van der Waals surface area contributed by atoms with Gasteiger partial charge in [0.2, 0.25) is 0 Å². The number of nitrogens with zero attached hydrogens (tertiary/aromatic N) is 1. The van der Waals surface area contributed by atoms with Gasteiger partial charge >= 0.3 is 0 Å². The molecule has 1 unspecified atom stereocenters. The number of ether oxygens (including phenoxy) is 3. The van der Waals surface area contributed by atoms with Crippen LogP contribution in [0.2, 0.25) is 0 Å². The van der Waals surface area contributed by atoms with Crippen molar-refractivity contribution in [2.75, 3.05) is 27.4 Å². The lowest BCUT2D eigenvalue weighted by atomic mass is 9.95. The number of aliphatic hydroxyl groups excluding tert-OH is 1. The van der Waals surface area contributed by atoms with Crippen LogP contribution in [0.4, 0.5) is 0 Å². The van der Waals surface area contributed by atoms with E-state index in [2.05, 4.69) is 0 Å². The predicted octanol–water partition coefficient (Wildman–Crippen LogP) is 3.93. The molecule has 164 valence electrons. The highest BCUT2D eigenvalue weighted by atomic mass is 16.5. The van der Waals surface area contributed by atoms with Crippen LogP contribution in [0.5, 0.6) is 17.2 Å². The van der Waals surface area contributed by atoms with Gasteiger partial charge in [-0.2, -0.15) is 0 Å². The molecule has 0 spiro atoms. The van der Waals surface area contributed by atoms with Gasteiger partial charge in [0.05, 0.1) is 32.4 Å². The highest BCUT2D eigenvalue weighted by Gasteiger charge is 2.45. The van der Waals surface area contributed by atoms with E-state index in [-0.39, 0.29) is 11.3 Å². The lowest BCUT2D eigenvalue weighted by Crippen LogP contribution is -2.30. The highest BCUT2D eigenvalue weighted by Crippen LogP contribution is 2.42. The van der Waals surface area contributed by atoms with Crippen LogP contribution in [0.1, 0.15) is 37.4 Å². The van der Waals surface area contributed by atoms with Crippen LogP contribution in [0.25, 0.3) is 5.76 Å². The first-order chi connectivity index (χ1) is 15.0. The van der Waals surface area contributed by atoms with Gasteiger partial charge in [0.15, 0.2) is 11.5 Å². The molecule has 2 aromatic rings. The molecule has 7 heteroatoms. The molecule has 0 aromatic heterocycles. The number of carbonyl (C=O) groups excluding carboxylic acids is 2. The van der Waals surface area contributed by atoms with Crippen LogP contribution in [0.15, 0.2) is 48.0 Å². The second-order valence-corrected chi connectivity index (χ2v) is 7.07. The smallest absolute Gasteiger partial charge is 0.295 e. The second-order valence-electron chi connectivity index (χ2n) is 7.07. The molecule has 1 atom stereocenters. The molecular formula is C24H27NO6. The SMILES string of the molecule is CCCN1C(=O)C(=O)/C(=C(\O)c2cccc(OCC)c2)C1c1ccc(OC)c(OC)c1. The third-order valence-electron chi connectivity index (χ3n) is 5.15. The van der Waals surface area contributed by atoms with Crippen LogP contribution in [0, 0.1) is 0 Å². The van der Waals surface area contributed by atoms with E-state index < -0.39 is 17.7 Å². The van der Waals surface area contributed by atoms with Crippen molar-refractivity contribution in [1.29, 1.82) is 0 Å². The lowest BCUT2D eigenvalue weighted by Gasteiger charge is -2.25. The molecule has 7 nitrogen and oxygen atoms in total. The van der Waals surface area contributed by atoms with E-state index in [0.717, 1.165) is 0 Å². The molecule has 1 N–H and O–H groups in total. The first-order valence-corrected chi connectivity index (χ1v) is 10.2. The summed E-state index contributed by atoms with van der Waals surface area (Å²) in [7, 11) is 3.05. The van der Waals surface area contributed by atoms with Gasteiger partial charge < -0.3 is 24.2 Å². The van der Waals surface area contributed by atoms with Crippen LogP contribution < -0.4 is 14.2 Å². The van der Waals surface area contributed by atoms with Gasteiger partial charge in [0.25, 0.3) is 11.7 Å². The van der Waals surface area contributed by atoms with Gasteiger partial charge in [-0.25, -0.2) is 0 Å². The molecule has 1 aliphatic rings. The first kappa shape index (κ1) is 22.2. The van der Waals surface area contributed by atoms with E-state index in [4.69, 9.17) is 14.2 Å². The Kier molecular flexibility index (Phi) is 6.84. The number of amides is 1. The van der Waals surface area contributed by atoms with Crippen LogP contribution in [-0.4, -0.2) is 49.1 Å². The molecule has 1 saturated heterocycles. The number of rotatable bonds is 8. The molecule has 0 bridgehead atoms. The number of hydrogen-bond donors (Lipinski definition) is 1. The molecule has 1 aliphatic heterocycles. The average molecular weight is 425 g/mol. The number of Topliss-reactive ketones (excluding diaryl/α,β-unsaturated/α-hetero) is 1. The summed E-state index contributed by atoms with van der Waals surface area (Å²) in [4.78, 5) is 27.3. The minimum atomic E-state index is -0.740. The molecule has 1 fully saturated rings. The fourth-order valence-electron chi connectivity index (χ4n) is 3.78. The molecule has 31 heavy (non-hydrogen) atoms. The van der Waals surface area contributed by atoms with Gasteiger partial charge in [-0.3, -0.25) is 9.59 Å². The maximum Gasteiger partial charge on any atom is 0.295 e. The number of ketones is 1. The normalized spacial score (nSPS) is 17.7.